The summed E-state index contributed by atoms with van der Waals surface area (Å²) in [6, 6.07) is 8.80. The van der Waals surface area contributed by atoms with Gasteiger partial charge in [0.2, 0.25) is 0 Å². The molecule has 0 atom stereocenters. The van der Waals surface area contributed by atoms with Gasteiger partial charge in [0.25, 0.3) is 0 Å². The summed E-state index contributed by atoms with van der Waals surface area (Å²) in [5.74, 6) is -0.322. The van der Waals surface area contributed by atoms with Gasteiger partial charge in [0, 0.05) is 22.3 Å². The highest BCUT2D eigenvalue weighted by Crippen LogP contribution is 2.12. The SMILES string of the molecule is Cc1ccc([N+](=O)[O-])c(=O)n1CC(=O)c1ccc(Cl)cc1. The normalized spacial score (nSPS) is 10.4. The van der Waals surface area contributed by atoms with Crippen LogP contribution in [0.1, 0.15) is 16.1 Å². The molecule has 0 N–H and O–H groups in total. The van der Waals surface area contributed by atoms with E-state index in [-0.39, 0.29) is 12.3 Å². The van der Waals surface area contributed by atoms with Crippen LogP contribution in [0.4, 0.5) is 5.69 Å². The Balaban J connectivity index is 2.37. The maximum Gasteiger partial charge on any atom is 0.334 e. The highest BCUT2D eigenvalue weighted by molar-refractivity contribution is 6.30. The molecule has 1 aromatic heterocycles. The number of hydrogen-bond acceptors (Lipinski definition) is 4. The van der Waals surface area contributed by atoms with Crippen LogP contribution in [-0.4, -0.2) is 15.3 Å². The van der Waals surface area contributed by atoms with Crippen molar-refractivity contribution in [2.75, 3.05) is 0 Å². The van der Waals surface area contributed by atoms with Crippen LogP contribution in [0.15, 0.2) is 41.2 Å². The summed E-state index contributed by atoms with van der Waals surface area (Å²) in [4.78, 5) is 34.2. The second-order valence-electron chi connectivity index (χ2n) is 4.44. The predicted octanol–water partition coefficient (Wildman–Crippen LogP) is 2.60. The van der Waals surface area contributed by atoms with Crippen molar-refractivity contribution >= 4 is 23.1 Å². The number of carbonyl (C=O) groups excluding carboxylic acids is 1. The number of pyridine rings is 1. The minimum Gasteiger partial charge on any atom is -0.299 e. The number of carbonyl (C=O) groups is 1. The van der Waals surface area contributed by atoms with Crippen molar-refractivity contribution in [1.82, 2.24) is 4.57 Å². The highest BCUT2D eigenvalue weighted by Gasteiger charge is 2.17. The highest BCUT2D eigenvalue weighted by atomic mass is 35.5. The Morgan fingerprint density at radius 3 is 2.43 bits per heavy atom. The van der Waals surface area contributed by atoms with Crippen LogP contribution in [0, 0.1) is 17.0 Å². The van der Waals surface area contributed by atoms with Gasteiger partial charge in [0.1, 0.15) is 0 Å². The monoisotopic (exact) mass is 306 g/mol. The van der Waals surface area contributed by atoms with Crippen LogP contribution in [0.3, 0.4) is 0 Å². The molecule has 6 nitrogen and oxygen atoms in total. The van der Waals surface area contributed by atoms with Gasteiger partial charge in [0.05, 0.1) is 11.5 Å². The molecule has 0 amide bonds. The second-order valence-corrected chi connectivity index (χ2v) is 4.87. The molecule has 0 unspecified atom stereocenters. The number of Topliss-reactive ketones (excluding diaryl/α,β-unsaturated/α-hetero) is 1. The van der Waals surface area contributed by atoms with E-state index in [1.165, 1.54) is 6.07 Å². The van der Waals surface area contributed by atoms with Gasteiger partial charge in [-0.05, 0) is 37.3 Å². The van der Waals surface area contributed by atoms with Gasteiger partial charge in [-0.3, -0.25) is 24.3 Å². The van der Waals surface area contributed by atoms with Gasteiger partial charge in [-0.25, -0.2) is 0 Å². The molecule has 1 heterocycles. The van der Waals surface area contributed by atoms with Crippen LogP contribution in [0.5, 0.6) is 0 Å². The number of aryl methyl sites for hydroxylation is 1. The van der Waals surface area contributed by atoms with E-state index < -0.39 is 16.2 Å². The fourth-order valence-corrected chi connectivity index (χ4v) is 1.99. The maximum atomic E-state index is 12.1. The number of halogens is 1. The van der Waals surface area contributed by atoms with Crippen molar-refractivity contribution in [1.29, 1.82) is 0 Å². The summed E-state index contributed by atoms with van der Waals surface area (Å²) in [6.07, 6.45) is 0. The molecule has 0 fully saturated rings. The molecular weight excluding hydrogens is 296 g/mol. The van der Waals surface area contributed by atoms with Gasteiger partial charge >= 0.3 is 11.2 Å². The Morgan fingerprint density at radius 1 is 1.24 bits per heavy atom. The number of aromatic nitrogens is 1. The van der Waals surface area contributed by atoms with Gasteiger partial charge in [0.15, 0.2) is 5.78 Å². The van der Waals surface area contributed by atoms with E-state index in [9.17, 15) is 19.7 Å². The van der Waals surface area contributed by atoms with Crippen molar-refractivity contribution < 1.29 is 9.72 Å². The van der Waals surface area contributed by atoms with Gasteiger partial charge in [-0.2, -0.15) is 0 Å². The summed E-state index contributed by atoms with van der Waals surface area (Å²) in [7, 11) is 0. The Labute approximate surface area is 124 Å². The summed E-state index contributed by atoms with van der Waals surface area (Å²) >= 11 is 5.74. The molecule has 0 bridgehead atoms. The first-order chi connectivity index (χ1) is 9.90. The van der Waals surface area contributed by atoms with Crippen LogP contribution in [0.2, 0.25) is 5.02 Å². The lowest BCUT2D eigenvalue weighted by molar-refractivity contribution is -0.386. The topological polar surface area (TPSA) is 82.2 Å². The van der Waals surface area contributed by atoms with Crippen molar-refractivity contribution in [3.05, 3.63) is 73.1 Å². The Morgan fingerprint density at radius 2 is 1.86 bits per heavy atom. The first-order valence-corrected chi connectivity index (χ1v) is 6.41. The summed E-state index contributed by atoms with van der Waals surface area (Å²) in [5.41, 5.74) is -0.475. The standard InChI is InChI=1S/C14H11ClN2O4/c1-9-2-7-12(17(20)21)14(19)16(9)8-13(18)10-3-5-11(15)6-4-10/h2-7H,8H2,1H3. The Bertz CT molecular complexity index is 766. The molecule has 1 aromatic carbocycles. The second kappa shape index (κ2) is 5.88. The van der Waals surface area contributed by atoms with E-state index in [0.29, 0.717) is 16.3 Å². The lowest BCUT2D eigenvalue weighted by atomic mass is 10.1. The van der Waals surface area contributed by atoms with Gasteiger partial charge in [-0.1, -0.05) is 11.6 Å². The predicted molar refractivity (Wildman–Crippen MR) is 77.9 cm³/mol. The molecule has 0 spiro atoms. The average molecular weight is 307 g/mol. The first kappa shape index (κ1) is 14.9. The van der Waals surface area contributed by atoms with Crippen LogP contribution in [0.25, 0.3) is 0 Å². The minimum absolute atomic E-state index is 0.256. The Kier molecular flexibility index (Phi) is 4.18. The van der Waals surface area contributed by atoms with E-state index >= 15 is 0 Å². The quantitative estimate of drug-likeness (QED) is 0.494. The van der Waals surface area contributed by atoms with Crippen LogP contribution in [-0.2, 0) is 6.54 Å². The van der Waals surface area contributed by atoms with Crippen molar-refractivity contribution in [2.24, 2.45) is 0 Å². The van der Waals surface area contributed by atoms with Crippen LogP contribution < -0.4 is 5.56 Å². The lowest BCUT2D eigenvalue weighted by Crippen LogP contribution is -2.27. The molecule has 0 aliphatic heterocycles. The molecule has 0 saturated heterocycles. The number of hydrogen-bond donors (Lipinski definition) is 0. The maximum absolute atomic E-state index is 12.1. The van der Waals surface area contributed by atoms with Crippen molar-refractivity contribution in [3.63, 3.8) is 0 Å². The van der Waals surface area contributed by atoms with E-state index in [2.05, 4.69) is 0 Å². The molecule has 0 radical (unpaired) electrons. The van der Waals surface area contributed by atoms with Crippen LogP contribution >= 0.6 is 11.6 Å². The first-order valence-electron chi connectivity index (χ1n) is 6.04. The van der Waals surface area contributed by atoms with Crippen molar-refractivity contribution in [3.8, 4) is 0 Å². The number of ketones is 1. The third-order valence-electron chi connectivity index (χ3n) is 3.04. The smallest absolute Gasteiger partial charge is 0.299 e. The van der Waals surface area contributed by atoms with E-state index in [4.69, 9.17) is 11.6 Å². The number of nitrogens with zero attached hydrogens (tertiary/aromatic N) is 2. The number of rotatable bonds is 4. The number of nitro groups is 1. The number of benzene rings is 1. The Hall–Kier alpha value is -2.47. The molecule has 7 heteroatoms. The van der Waals surface area contributed by atoms with Crippen molar-refractivity contribution in [2.45, 2.75) is 13.5 Å². The van der Waals surface area contributed by atoms with Gasteiger partial charge in [-0.15, -0.1) is 0 Å². The molecule has 0 aliphatic carbocycles. The zero-order valence-electron chi connectivity index (χ0n) is 11.1. The fraction of sp³-hybridized carbons (Fsp3) is 0.143. The summed E-state index contributed by atoms with van der Waals surface area (Å²) in [5, 5.41) is 11.3. The zero-order chi connectivity index (χ0) is 15.6. The third kappa shape index (κ3) is 3.17. The molecular formula is C14H11ClN2O4. The molecule has 2 rings (SSSR count). The average Bonchev–Trinajstić information content (AvgIpc) is 2.43. The molecule has 21 heavy (non-hydrogen) atoms. The van der Waals surface area contributed by atoms with Gasteiger partial charge < -0.3 is 0 Å². The lowest BCUT2D eigenvalue weighted by Gasteiger charge is -2.08. The fourth-order valence-electron chi connectivity index (χ4n) is 1.87. The van der Waals surface area contributed by atoms with E-state index in [1.54, 1.807) is 31.2 Å². The largest absolute Gasteiger partial charge is 0.334 e. The molecule has 0 aliphatic rings. The summed E-state index contributed by atoms with van der Waals surface area (Å²) in [6.45, 7) is 1.36. The third-order valence-corrected chi connectivity index (χ3v) is 3.29. The molecule has 108 valence electrons. The van der Waals surface area contributed by atoms with E-state index in [1.807, 2.05) is 0 Å². The van der Waals surface area contributed by atoms with E-state index in [0.717, 1.165) is 10.6 Å². The zero-order valence-corrected chi connectivity index (χ0v) is 11.8. The molecule has 2 aromatic rings. The minimum atomic E-state index is -0.790. The molecule has 0 saturated carbocycles. The summed E-state index contributed by atoms with van der Waals surface area (Å²) < 4.78 is 1.09.